The van der Waals surface area contributed by atoms with Crippen LogP contribution >= 0.6 is 0 Å². The summed E-state index contributed by atoms with van der Waals surface area (Å²) in [6, 6.07) is 1.20. The van der Waals surface area contributed by atoms with Gasteiger partial charge in [0.1, 0.15) is 11.5 Å². The minimum absolute atomic E-state index is 0.142. The molecule has 0 aromatic heterocycles. The van der Waals surface area contributed by atoms with Crippen LogP contribution in [-0.4, -0.2) is 19.9 Å². The summed E-state index contributed by atoms with van der Waals surface area (Å²) in [6.45, 7) is 4.94. The van der Waals surface area contributed by atoms with Crippen LogP contribution in [0.25, 0.3) is 0 Å². The molecule has 0 amide bonds. The normalized spacial score (nSPS) is 11.1. The molecule has 0 bridgehead atoms. The van der Waals surface area contributed by atoms with Crippen LogP contribution in [0.15, 0.2) is 29.2 Å². The summed E-state index contributed by atoms with van der Waals surface area (Å²) in [5.74, 6) is -1.84. The molecule has 1 rings (SSSR count). The Morgan fingerprint density at radius 3 is 2.58 bits per heavy atom. The summed E-state index contributed by atoms with van der Waals surface area (Å²) in [4.78, 5) is 8.85. The number of sulfonamides is 1. The second-order valence-corrected chi connectivity index (χ2v) is 5.33. The predicted molar refractivity (Wildman–Crippen MR) is 64.7 cm³/mol. The average molecular weight is 290 g/mol. The topological polar surface area (TPSA) is 113 Å². The van der Waals surface area contributed by atoms with Crippen LogP contribution in [0.2, 0.25) is 0 Å². The van der Waals surface area contributed by atoms with Gasteiger partial charge in [-0.15, -0.1) is 0 Å². The lowest BCUT2D eigenvalue weighted by Gasteiger charge is -2.11. The maximum Gasteiger partial charge on any atom is 0.274 e. The Hall–Kier alpha value is -2.00. The van der Waals surface area contributed by atoms with E-state index in [0.717, 1.165) is 0 Å². The highest BCUT2D eigenvalue weighted by Gasteiger charge is 2.24. The third-order valence-electron chi connectivity index (χ3n) is 1.97. The van der Waals surface area contributed by atoms with Crippen LogP contribution < -0.4 is 9.88 Å². The number of rotatable bonds is 5. The van der Waals surface area contributed by atoms with Crippen LogP contribution in [0.5, 0.6) is 5.75 Å². The first kappa shape index (κ1) is 15.1. The second-order valence-electron chi connectivity index (χ2n) is 3.80. The minimum atomic E-state index is -4.36. The molecule has 0 unspecified atom stereocenters. The average Bonchev–Trinajstić information content (AvgIpc) is 2.24. The zero-order chi connectivity index (χ0) is 14.8. The van der Waals surface area contributed by atoms with Crippen molar-refractivity contribution in [1.29, 1.82) is 0 Å². The molecule has 0 saturated carbocycles. The molecule has 0 radical (unpaired) electrons. The number of non-ortho nitro benzene ring substituents is 1. The van der Waals surface area contributed by atoms with Gasteiger partial charge in [0.15, 0.2) is 11.6 Å². The first-order chi connectivity index (χ1) is 8.62. The van der Waals surface area contributed by atoms with Crippen molar-refractivity contribution in [3.8, 4) is 5.75 Å². The molecule has 19 heavy (non-hydrogen) atoms. The van der Waals surface area contributed by atoms with E-state index in [0.29, 0.717) is 17.7 Å². The Balaban J connectivity index is 3.44. The molecule has 2 N–H and O–H groups in total. The Labute approximate surface area is 108 Å². The fourth-order valence-electron chi connectivity index (χ4n) is 1.21. The van der Waals surface area contributed by atoms with Crippen LogP contribution in [0.3, 0.4) is 0 Å². The second kappa shape index (κ2) is 5.33. The quantitative estimate of drug-likeness (QED) is 0.499. The molecule has 7 nitrogen and oxygen atoms in total. The molecule has 9 heteroatoms. The number of nitrogens with zero attached hydrogens (tertiary/aromatic N) is 1. The lowest BCUT2D eigenvalue weighted by Crippen LogP contribution is -2.15. The standard InChI is InChI=1S/C10H11FN2O5S/c1-6(2)5-18-10-8(11)3-7(13(14)15)4-9(10)19(12,16)17/h3-4H,1,5H2,2H3,(H2,12,16,17). The summed E-state index contributed by atoms with van der Waals surface area (Å²) in [6.07, 6.45) is 0. The Morgan fingerprint density at radius 1 is 1.58 bits per heavy atom. The van der Waals surface area contributed by atoms with Gasteiger partial charge in [0.05, 0.1) is 11.0 Å². The number of nitro benzene ring substituents is 1. The third kappa shape index (κ3) is 3.73. The molecule has 0 atom stereocenters. The number of ether oxygens (including phenoxy) is 1. The predicted octanol–water partition coefficient (Wildman–Crippen LogP) is 1.34. The number of nitro groups is 1. The Morgan fingerprint density at radius 2 is 2.16 bits per heavy atom. The van der Waals surface area contributed by atoms with Crippen molar-refractivity contribution in [2.75, 3.05) is 6.61 Å². The van der Waals surface area contributed by atoms with Gasteiger partial charge in [0.25, 0.3) is 5.69 Å². The fraction of sp³-hybridized carbons (Fsp3) is 0.200. The molecular weight excluding hydrogens is 279 g/mol. The number of halogens is 1. The summed E-state index contributed by atoms with van der Waals surface area (Å²) in [7, 11) is -4.36. The molecule has 104 valence electrons. The highest BCUT2D eigenvalue weighted by atomic mass is 32.2. The number of nitrogens with two attached hydrogens (primary N) is 1. The van der Waals surface area contributed by atoms with Gasteiger partial charge in [-0.2, -0.15) is 0 Å². The molecule has 0 aliphatic heterocycles. The molecule has 0 aliphatic carbocycles. The van der Waals surface area contributed by atoms with Crippen molar-refractivity contribution in [2.45, 2.75) is 11.8 Å². The van der Waals surface area contributed by atoms with E-state index in [4.69, 9.17) is 9.88 Å². The number of benzene rings is 1. The van der Waals surface area contributed by atoms with Crippen molar-refractivity contribution in [1.82, 2.24) is 0 Å². The van der Waals surface area contributed by atoms with E-state index < -0.39 is 37.1 Å². The first-order valence-corrected chi connectivity index (χ1v) is 6.45. The van der Waals surface area contributed by atoms with E-state index in [1.165, 1.54) is 0 Å². The maximum absolute atomic E-state index is 13.7. The van der Waals surface area contributed by atoms with E-state index in [1.54, 1.807) is 6.92 Å². The number of hydrogen-bond acceptors (Lipinski definition) is 5. The fourth-order valence-corrected chi connectivity index (χ4v) is 1.91. The first-order valence-electron chi connectivity index (χ1n) is 4.91. The third-order valence-corrected chi connectivity index (χ3v) is 2.89. The lowest BCUT2D eigenvalue weighted by molar-refractivity contribution is -0.385. The summed E-state index contributed by atoms with van der Waals surface area (Å²) < 4.78 is 41.2. The molecule has 0 fully saturated rings. The molecule has 0 aliphatic rings. The zero-order valence-corrected chi connectivity index (χ0v) is 10.7. The van der Waals surface area contributed by atoms with E-state index in [9.17, 15) is 22.9 Å². The lowest BCUT2D eigenvalue weighted by atomic mass is 10.3. The molecule has 1 aromatic rings. The molecule has 1 aromatic carbocycles. The van der Waals surface area contributed by atoms with Gasteiger partial charge >= 0.3 is 0 Å². The van der Waals surface area contributed by atoms with Crippen molar-refractivity contribution in [3.05, 3.63) is 40.2 Å². The van der Waals surface area contributed by atoms with Crippen molar-refractivity contribution in [3.63, 3.8) is 0 Å². The molecule has 0 spiro atoms. The largest absolute Gasteiger partial charge is 0.485 e. The number of primary sulfonamides is 1. The summed E-state index contributed by atoms with van der Waals surface area (Å²) >= 11 is 0. The zero-order valence-electron chi connectivity index (χ0n) is 9.92. The highest BCUT2D eigenvalue weighted by Crippen LogP contribution is 2.31. The van der Waals surface area contributed by atoms with Crippen LogP contribution in [0.4, 0.5) is 10.1 Å². The molecule has 0 saturated heterocycles. The van der Waals surface area contributed by atoms with Crippen LogP contribution in [0.1, 0.15) is 6.92 Å². The van der Waals surface area contributed by atoms with E-state index in [-0.39, 0.29) is 6.61 Å². The van der Waals surface area contributed by atoms with Crippen LogP contribution in [0, 0.1) is 15.9 Å². The maximum atomic E-state index is 13.7. The Bertz CT molecular complexity index is 642. The van der Waals surface area contributed by atoms with Gasteiger partial charge in [-0.1, -0.05) is 6.58 Å². The Kier molecular flexibility index (Phi) is 4.22. The SMILES string of the molecule is C=C(C)COc1c(F)cc([N+](=O)[O-])cc1S(N)(=O)=O. The summed E-state index contributed by atoms with van der Waals surface area (Å²) in [5.41, 5.74) is -0.220. The number of hydrogen-bond donors (Lipinski definition) is 1. The smallest absolute Gasteiger partial charge is 0.274 e. The van der Waals surface area contributed by atoms with Gasteiger partial charge < -0.3 is 4.74 Å². The van der Waals surface area contributed by atoms with Crippen molar-refractivity contribution in [2.24, 2.45) is 5.14 Å². The van der Waals surface area contributed by atoms with Gasteiger partial charge in [-0.25, -0.2) is 17.9 Å². The van der Waals surface area contributed by atoms with Gasteiger partial charge in [-0.05, 0) is 12.5 Å². The highest BCUT2D eigenvalue weighted by molar-refractivity contribution is 7.89. The minimum Gasteiger partial charge on any atom is -0.485 e. The molecule has 0 heterocycles. The summed E-state index contributed by atoms with van der Waals surface area (Å²) in [5, 5.41) is 15.4. The van der Waals surface area contributed by atoms with Crippen molar-refractivity contribution >= 4 is 15.7 Å². The van der Waals surface area contributed by atoms with E-state index in [1.807, 2.05) is 0 Å². The van der Waals surface area contributed by atoms with Gasteiger partial charge in [0, 0.05) is 6.07 Å². The van der Waals surface area contributed by atoms with E-state index in [2.05, 4.69) is 6.58 Å². The van der Waals surface area contributed by atoms with Crippen molar-refractivity contribution < 1.29 is 22.5 Å². The molecular formula is C10H11FN2O5S. The van der Waals surface area contributed by atoms with Gasteiger partial charge in [0.2, 0.25) is 10.0 Å². The van der Waals surface area contributed by atoms with Crippen LogP contribution in [-0.2, 0) is 10.0 Å². The monoisotopic (exact) mass is 290 g/mol. The van der Waals surface area contributed by atoms with Gasteiger partial charge in [-0.3, -0.25) is 10.1 Å². The van der Waals surface area contributed by atoms with E-state index >= 15 is 0 Å².